The predicted molar refractivity (Wildman–Crippen MR) is 65.0 cm³/mol. The number of hydrogen-bond acceptors (Lipinski definition) is 2. The van der Waals surface area contributed by atoms with Gasteiger partial charge in [0.05, 0.1) is 0 Å². The molecule has 0 fully saturated rings. The van der Waals surface area contributed by atoms with E-state index in [1.807, 2.05) is 48.5 Å². The molecule has 2 aromatic rings. The summed E-state index contributed by atoms with van der Waals surface area (Å²) in [4.78, 5) is 13.2. The van der Waals surface area contributed by atoms with Gasteiger partial charge in [0.15, 0.2) is 9.79 Å². The molecule has 3 rings (SSSR count). The van der Waals surface area contributed by atoms with Crippen LogP contribution in [0.2, 0.25) is 0 Å². The van der Waals surface area contributed by atoms with Gasteiger partial charge in [0.2, 0.25) is 0 Å². The number of hydrogen-bond donors (Lipinski definition) is 0. The van der Waals surface area contributed by atoms with Gasteiger partial charge in [-0.3, -0.25) is 0 Å². The Morgan fingerprint density at radius 1 is 0.941 bits per heavy atom. The van der Waals surface area contributed by atoms with Crippen molar-refractivity contribution in [3.05, 3.63) is 59.7 Å². The highest BCUT2D eigenvalue weighted by molar-refractivity contribution is 8.10. The van der Waals surface area contributed by atoms with Crippen LogP contribution < -0.4 is 5.11 Å². The van der Waals surface area contributed by atoms with Crippen LogP contribution in [0.1, 0.15) is 11.1 Å². The number of carbonyl (C=O) groups excluding carboxylic acids is 1. The van der Waals surface area contributed by atoms with Gasteiger partial charge in [0.1, 0.15) is 10.9 Å². The van der Waals surface area contributed by atoms with Crippen LogP contribution in [0.5, 0.6) is 0 Å². The van der Waals surface area contributed by atoms with E-state index in [1.54, 1.807) is 0 Å². The number of rotatable bonds is 0. The fourth-order valence-electron chi connectivity index (χ4n) is 2.20. The van der Waals surface area contributed by atoms with Crippen molar-refractivity contribution in [3.63, 3.8) is 0 Å². The van der Waals surface area contributed by atoms with E-state index in [2.05, 4.69) is 0 Å². The number of carbonyl (C=O) groups is 1. The van der Waals surface area contributed by atoms with Crippen LogP contribution >= 0.6 is 0 Å². The molecule has 0 aromatic heterocycles. The molecule has 2 nitrogen and oxygen atoms in total. The molecule has 1 aliphatic rings. The zero-order valence-electron chi connectivity index (χ0n) is 9.05. The zero-order chi connectivity index (χ0) is 11.8. The lowest BCUT2D eigenvalue weighted by molar-refractivity contribution is -0.233. The van der Waals surface area contributed by atoms with Crippen LogP contribution in [0.4, 0.5) is 4.79 Å². The SMILES string of the molecule is O=C([O-])[S+]1c2ccccc2Cc2ccccc21. The third kappa shape index (κ3) is 1.63. The van der Waals surface area contributed by atoms with Crippen molar-refractivity contribution in [2.45, 2.75) is 16.2 Å². The molecule has 0 amide bonds. The maximum atomic E-state index is 11.4. The molecule has 0 aliphatic carbocycles. The number of fused-ring (bicyclic) bond motifs is 2. The van der Waals surface area contributed by atoms with Gasteiger partial charge in [0, 0.05) is 17.5 Å². The van der Waals surface area contributed by atoms with Gasteiger partial charge in [-0.1, -0.05) is 36.4 Å². The van der Waals surface area contributed by atoms with Crippen molar-refractivity contribution >= 4 is 16.2 Å². The lowest BCUT2D eigenvalue weighted by Gasteiger charge is -2.18. The van der Waals surface area contributed by atoms with Gasteiger partial charge < -0.3 is 9.90 Å². The first-order valence-corrected chi connectivity index (χ1v) is 6.61. The number of benzene rings is 2. The van der Waals surface area contributed by atoms with Crippen molar-refractivity contribution in [3.8, 4) is 0 Å². The Bertz CT molecular complexity index is 547. The van der Waals surface area contributed by atoms with Gasteiger partial charge in [-0.2, -0.15) is 0 Å². The standard InChI is InChI=1S/C14H10O2S/c15-14(16)17-12-7-3-1-5-10(12)9-11-6-2-4-8-13(11)17/h1-8H,9H2. The van der Waals surface area contributed by atoms with Crippen molar-refractivity contribution < 1.29 is 9.90 Å². The van der Waals surface area contributed by atoms with Crippen molar-refractivity contribution in [1.82, 2.24) is 0 Å². The summed E-state index contributed by atoms with van der Waals surface area (Å²) in [6.45, 7) is 0. The minimum Gasteiger partial charge on any atom is -0.503 e. The molecule has 0 saturated heterocycles. The average molecular weight is 242 g/mol. The van der Waals surface area contributed by atoms with Crippen molar-refractivity contribution in [1.29, 1.82) is 0 Å². The highest BCUT2D eigenvalue weighted by atomic mass is 32.2. The molecule has 0 radical (unpaired) electrons. The van der Waals surface area contributed by atoms with Gasteiger partial charge in [-0.05, 0) is 12.1 Å². The first kappa shape index (κ1) is 10.4. The fraction of sp³-hybridized carbons (Fsp3) is 0.0714. The minimum absolute atomic E-state index is 0.809. The summed E-state index contributed by atoms with van der Waals surface area (Å²) in [7, 11) is -0.941. The molecular weight excluding hydrogens is 232 g/mol. The van der Waals surface area contributed by atoms with Crippen molar-refractivity contribution in [2.24, 2.45) is 0 Å². The molecule has 0 bridgehead atoms. The smallest absolute Gasteiger partial charge is 0.285 e. The molecule has 0 saturated carbocycles. The average Bonchev–Trinajstić information content (AvgIpc) is 2.35. The van der Waals surface area contributed by atoms with Crippen LogP contribution in [0.3, 0.4) is 0 Å². The van der Waals surface area contributed by atoms with Crippen LogP contribution in [0.25, 0.3) is 0 Å². The Morgan fingerprint density at radius 2 is 1.41 bits per heavy atom. The lowest BCUT2D eigenvalue weighted by atomic mass is 10.0. The van der Waals surface area contributed by atoms with E-state index >= 15 is 0 Å². The molecule has 0 N–H and O–H groups in total. The predicted octanol–water partition coefficient (Wildman–Crippen LogP) is 1.97. The summed E-state index contributed by atoms with van der Waals surface area (Å²) in [6.07, 6.45) is 0.809. The summed E-state index contributed by atoms with van der Waals surface area (Å²) in [5.41, 5.74) is 2.19. The molecule has 0 spiro atoms. The minimum atomic E-state index is -0.996. The van der Waals surface area contributed by atoms with E-state index < -0.39 is 16.2 Å². The second kappa shape index (κ2) is 3.93. The summed E-state index contributed by atoms with van der Waals surface area (Å²) in [5, 5.41) is 10.4. The molecule has 1 aliphatic heterocycles. The topological polar surface area (TPSA) is 40.1 Å². The second-order valence-corrected chi connectivity index (χ2v) is 5.77. The quantitative estimate of drug-likeness (QED) is 0.663. The molecule has 17 heavy (non-hydrogen) atoms. The first-order valence-electron chi connectivity index (χ1n) is 5.38. The molecule has 0 atom stereocenters. The highest BCUT2D eigenvalue weighted by Crippen LogP contribution is 2.35. The van der Waals surface area contributed by atoms with E-state index in [9.17, 15) is 9.90 Å². The third-order valence-corrected chi connectivity index (χ3v) is 4.94. The van der Waals surface area contributed by atoms with Gasteiger partial charge in [-0.25, -0.2) is 0 Å². The van der Waals surface area contributed by atoms with Crippen LogP contribution in [-0.2, 0) is 17.3 Å². The van der Waals surface area contributed by atoms with Gasteiger partial charge in [-0.15, -0.1) is 0 Å². The summed E-state index contributed by atoms with van der Waals surface area (Å²) >= 11 is 0. The molecule has 1 heterocycles. The van der Waals surface area contributed by atoms with E-state index in [4.69, 9.17) is 0 Å². The van der Waals surface area contributed by atoms with Gasteiger partial charge >= 0.3 is 0 Å². The molecule has 2 aromatic carbocycles. The molecule has 84 valence electrons. The maximum Gasteiger partial charge on any atom is 0.285 e. The first-order chi connectivity index (χ1) is 8.27. The van der Waals surface area contributed by atoms with Crippen LogP contribution in [-0.4, -0.2) is 5.30 Å². The van der Waals surface area contributed by atoms with Crippen LogP contribution in [0, 0.1) is 0 Å². The lowest BCUT2D eigenvalue weighted by Crippen LogP contribution is -2.33. The Kier molecular flexibility index (Phi) is 2.41. The molecule has 0 unspecified atom stereocenters. The van der Waals surface area contributed by atoms with Crippen LogP contribution in [0.15, 0.2) is 58.3 Å². The summed E-state index contributed by atoms with van der Waals surface area (Å²) in [5.74, 6) is 0. The molecule has 3 heteroatoms. The zero-order valence-corrected chi connectivity index (χ0v) is 9.87. The van der Waals surface area contributed by atoms with Gasteiger partial charge in [0.25, 0.3) is 5.30 Å². The fourth-order valence-corrected chi connectivity index (χ4v) is 4.03. The summed E-state index contributed by atoms with van der Waals surface area (Å²) < 4.78 is 0. The monoisotopic (exact) mass is 242 g/mol. The summed E-state index contributed by atoms with van der Waals surface area (Å²) in [6, 6.07) is 15.4. The second-order valence-electron chi connectivity index (χ2n) is 3.95. The van der Waals surface area contributed by atoms with E-state index in [-0.39, 0.29) is 0 Å². The Morgan fingerprint density at radius 3 is 1.88 bits per heavy atom. The number of carboxylic acid groups (broad SMARTS) is 1. The Labute approximate surface area is 102 Å². The van der Waals surface area contributed by atoms with Crippen molar-refractivity contribution in [2.75, 3.05) is 0 Å². The maximum absolute atomic E-state index is 11.4. The molecular formula is C14H10O2S. The Hall–Kier alpha value is -1.74. The van der Waals surface area contributed by atoms with E-state index in [0.717, 1.165) is 27.3 Å². The third-order valence-electron chi connectivity index (χ3n) is 2.93. The highest BCUT2D eigenvalue weighted by Gasteiger charge is 2.36. The normalized spacial score (nSPS) is 13.9. The Balaban J connectivity index is 2.24. The van der Waals surface area contributed by atoms with E-state index in [0.29, 0.717) is 0 Å². The van der Waals surface area contributed by atoms with E-state index in [1.165, 1.54) is 0 Å². The largest absolute Gasteiger partial charge is 0.503 e.